The van der Waals surface area contributed by atoms with E-state index in [-0.39, 0.29) is 10.6 Å². The van der Waals surface area contributed by atoms with Crippen LogP contribution in [0.2, 0.25) is 0 Å². The molecule has 0 fully saturated rings. The molecule has 9 heteroatoms. The Morgan fingerprint density at radius 1 is 1.27 bits per heavy atom. The van der Waals surface area contributed by atoms with Gasteiger partial charge >= 0.3 is 11.9 Å². The summed E-state index contributed by atoms with van der Waals surface area (Å²) >= 11 is 2.61. The molecule has 3 rings (SSSR count). The Morgan fingerprint density at radius 2 is 2.08 bits per heavy atom. The molecule has 2 N–H and O–H groups in total. The number of aliphatic carboxylic acids is 1. The summed E-state index contributed by atoms with van der Waals surface area (Å²) < 4.78 is 5.20. The average Bonchev–Trinajstić information content (AvgIpc) is 3.25. The Labute approximate surface area is 157 Å². The number of carboxylic acid groups (broad SMARTS) is 2. The van der Waals surface area contributed by atoms with E-state index in [0.29, 0.717) is 16.8 Å². The molecule has 3 aromatic rings. The molecule has 0 atom stereocenters. The summed E-state index contributed by atoms with van der Waals surface area (Å²) in [5.74, 6) is -2.27. The fourth-order valence-corrected chi connectivity index (χ4v) is 4.16. The highest BCUT2D eigenvalue weighted by Gasteiger charge is 2.21. The molecule has 26 heavy (non-hydrogen) atoms. The van der Waals surface area contributed by atoms with E-state index in [4.69, 9.17) is 9.84 Å². The molecular formula is C17H16N2O5S2. The van der Waals surface area contributed by atoms with Gasteiger partial charge in [0.15, 0.2) is 17.2 Å². The number of hydrogen-bond donors (Lipinski definition) is 2. The number of carbonyl (C=O) groups is 2. The van der Waals surface area contributed by atoms with E-state index in [2.05, 4.69) is 22.2 Å². The van der Waals surface area contributed by atoms with Crippen molar-refractivity contribution in [2.45, 2.75) is 13.5 Å². The third-order valence-electron chi connectivity index (χ3n) is 3.71. The maximum Gasteiger partial charge on any atom is 0.349 e. The van der Waals surface area contributed by atoms with Gasteiger partial charge in [0, 0.05) is 17.6 Å². The summed E-state index contributed by atoms with van der Waals surface area (Å²) in [6.07, 6.45) is 0. The van der Waals surface area contributed by atoms with Gasteiger partial charge in [0.2, 0.25) is 0 Å². The smallest absolute Gasteiger partial charge is 0.349 e. The molecule has 3 aromatic heterocycles. The van der Waals surface area contributed by atoms with Crippen molar-refractivity contribution in [3.05, 3.63) is 39.5 Å². The quantitative estimate of drug-likeness (QED) is 0.605. The van der Waals surface area contributed by atoms with E-state index >= 15 is 0 Å². The van der Waals surface area contributed by atoms with Crippen LogP contribution in [0.15, 0.2) is 29.0 Å². The number of pyridine rings is 1. The molecule has 0 aliphatic rings. The van der Waals surface area contributed by atoms with E-state index in [1.165, 1.54) is 0 Å². The van der Waals surface area contributed by atoms with Crippen molar-refractivity contribution in [2.75, 3.05) is 18.1 Å². The van der Waals surface area contributed by atoms with Crippen LogP contribution in [0.4, 0.5) is 5.69 Å². The first kappa shape index (κ1) is 18.2. The number of nitrogens with zero attached hydrogens (tertiary/aromatic N) is 2. The van der Waals surface area contributed by atoms with Crippen LogP contribution in [-0.2, 0) is 11.3 Å². The molecule has 0 radical (unpaired) electrons. The summed E-state index contributed by atoms with van der Waals surface area (Å²) in [7, 11) is 0. The molecule has 0 bridgehead atoms. The number of hydrogen-bond acceptors (Lipinski definition) is 7. The van der Waals surface area contributed by atoms with Gasteiger partial charge in [-0.2, -0.15) is 11.3 Å². The van der Waals surface area contributed by atoms with Crippen LogP contribution in [0, 0.1) is 0 Å². The Morgan fingerprint density at radius 3 is 2.69 bits per heavy atom. The zero-order valence-electron chi connectivity index (χ0n) is 13.8. The third-order valence-corrected chi connectivity index (χ3v) is 5.45. The van der Waals surface area contributed by atoms with Gasteiger partial charge < -0.3 is 19.8 Å². The number of thiophene rings is 2. The first-order valence-corrected chi connectivity index (χ1v) is 9.53. The number of carboxylic acids is 2. The zero-order chi connectivity index (χ0) is 18.7. The normalized spacial score (nSPS) is 10.8. The molecule has 3 heterocycles. The van der Waals surface area contributed by atoms with Gasteiger partial charge in [-0.1, -0.05) is 0 Å². The van der Waals surface area contributed by atoms with Gasteiger partial charge in [0.05, 0.1) is 17.6 Å². The molecule has 7 nitrogen and oxygen atoms in total. The largest absolute Gasteiger partial charge is 0.479 e. The maximum absolute atomic E-state index is 11.4. The van der Waals surface area contributed by atoms with Gasteiger partial charge in [-0.3, -0.25) is 0 Å². The van der Waals surface area contributed by atoms with Crippen molar-refractivity contribution in [3.63, 3.8) is 0 Å². The topological polar surface area (TPSA) is 100.0 Å². The summed E-state index contributed by atoms with van der Waals surface area (Å²) in [5, 5.41) is 22.7. The zero-order valence-corrected chi connectivity index (χ0v) is 15.5. The minimum Gasteiger partial charge on any atom is -0.479 e. The number of ether oxygens (including phenoxy) is 1. The van der Waals surface area contributed by atoms with Crippen LogP contribution in [0.3, 0.4) is 0 Å². The standard InChI is InChI=1S/C17H16N2O5S2/c1-2-19(11-5-6-25-9-11)7-10-3-4-12-14(24-8-13(20)21)15(17(22)23)26-16(12)18-10/h3-6,9H,2,7-8H2,1H3,(H,20,21)(H,22,23). The van der Waals surface area contributed by atoms with Crippen molar-refractivity contribution in [3.8, 4) is 5.75 Å². The first-order valence-electron chi connectivity index (χ1n) is 7.77. The first-order chi connectivity index (χ1) is 12.5. The fourth-order valence-electron chi connectivity index (χ4n) is 2.52. The predicted octanol–water partition coefficient (Wildman–Crippen LogP) is 3.55. The minimum atomic E-state index is -1.17. The Hall–Kier alpha value is -2.65. The number of aromatic nitrogens is 1. The van der Waals surface area contributed by atoms with E-state index in [1.54, 1.807) is 17.4 Å². The lowest BCUT2D eigenvalue weighted by Crippen LogP contribution is -2.21. The van der Waals surface area contributed by atoms with Gasteiger partial charge in [0.25, 0.3) is 0 Å². The third kappa shape index (κ3) is 3.78. The number of fused-ring (bicyclic) bond motifs is 1. The van der Waals surface area contributed by atoms with Crippen LogP contribution < -0.4 is 9.64 Å². The van der Waals surface area contributed by atoms with Gasteiger partial charge in [0.1, 0.15) is 4.83 Å². The van der Waals surface area contributed by atoms with Crippen molar-refractivity contribution in [2.24, 2.45) is 0 Å². The van der Waals surface area contributed by atoms with E-state index in [1.807, 2.05) is 17.5 Å². The monoisotopic (exact) mass is 392 g/mol. The van der Waals surface area contributed by atoms with E-state index < -0.39 is 18.5 Å². The Bertz CT molecular complexity index is 936. The van der Waals surface area contributed by atoms with Crippen LogP contribution in [0.1, 0.15) is 22.3 Å². The number of rotatable bonds is 8. The fraction of sp³-hybridized carbons (Fsp3) is 0.235. The lowest BCUT2D eigenvalue weighted by molar-refractivity contribution is -0.139. The number of aromatic carboxylic acids is 1. The number of anilines is 1. The predicted molar refractivity (Wildman–Crippen MR) is 101 cm³/mol. The molecule has 0 aliphatic heterocycles. The molecule has 0 aliphatic carbocycles. The average molecular weight is 392 g/mol. The molecular weight excluding hydrogens is 376 g/mol. The molecule has 0 spiro atoms. The second-order valence-electron chi connectivity index (χ2n) is 5.40. The summed E-state index contributed by atoms with van der Waals surface area (Å²) in [4.78, 5) is 29.4. The summed E-state index contributed by atoms with van der Waals surface area (Å²) in [5.41, 5.74) is 1.91. The lowest BCUT2D eigenvalue weighted by atomic mass is 10.2. The molecule has 0 saturated heterocycles. The van der Waals surface area contributed by atoms with Crippen LogP contribution >= 0.6 is 22.7 Å². The highest BCUT2D eigenvalue weighted by atomic mass is 32.1. The molecule has 0 unspecified atom stereocenters. The van der Waals surface area contributed by atoms with Crippen LogP contribution in [-0.4, -0.2) is 40.3 Å². The summed E-state index contributed by atoms with van der Waals surface area (Å²) in [6.45, 7) is 2.86. The van der Waals surface area contributed by atoms with Crippen molar-refractivity contribution in [1.82, 2.24) is 4.98 Å². The highest BCUT2D eigenvalue weighted by Crippen LogP contribution is 2.37. The van der Waals surface area contributed by atoms with Crippen molar-refractivity contribution < 1.29 is 24.5 Å². The van der Waals surface area contributed by atoms with Gasteiger partial charge in [-0.15, -0.1) is 11.3 Å². The molecule has 136 valence electrons. The van der Waals surface area contributed by atoms with Gasteiger partial charge in [-0.05, 0) is 30.5 Å². The van der Waals surface area contributed by atoms with Crippen LogP contribution in [0.5, 0.6) is 5.75 Å². The minimum absolute atomic E-state index is 0.0453. The lowest BCUT2D eigenvalue weighted by Gasteiger charge is -2.21. The molecule has 0 saturated carbocycles. The Kier molecular flexibility index (Phi) is 5.38. The van der Waals surface area contributed by atoms with Crippen molar-refractivity contribution >= 4 is 50.5 Å². The Balaban J connectivity index is 1.93. The van der Waals surface area contributed by atoms with Crippen LogP contribution in [0.25, 0.3) is 10.2 Å². The van der Waals surface area contributed by atoms with E-state index in [9.17, 15) is 14.7 Å². The second kappa shape index (κ2) is 7.71. The highest BCUT2D eigenvalue weighted by molar-refractivity contribution is 7.20. The SMILES string of the molecule is CCN(Cc1ccc2c(OCC(=O)O)c(C(=O)O)sc2n1)c1ccsc1. The molecule has 0 aromatic carbocycles. The van der Waals surface area contributed by atoms with Crippen molar-refractivity contribution in [1.29, 1.82) is 0 Å². The molecule has 0 amide bonds. The summed E-state index contributed by atoms with van der Waals surface area (Å²) in [6, 6.07) is 5.58. The second-order valence-corrected chi connectivity index (χ2v) is 7.18. The van der Waals surface area contributed by atoms with E-state index in [0.717, 1.165) is 29.3 Å². The van der Waals surface area contributed by atoms with Gasteiger partial charge in [-0.25, -0.2) is 14.6 Å². The maximum atomic E-state index is 11.4.